The fourth-order valence-corrected chi connectivity index (χ4v) is 6.40. The third-order valence-corrected chi connectivity index (χ3v) is 9.04. The number of hydrogen-bond acceptors (Lipinski definition) is 8. The van der Waals surface area contributed by atoms with E-state index in [0.29, 0.717) is 13.1 Å². The minimum Gasteiger partial charge on any atom is -0.495 e. The molecule has 190 valence electrons. The molecule has 0 saturated carbocycles. The number of ether oxygens (including phenoxy) is 1. The maximum atomic E-state index is 13.2. The van der Waals surface area contributed by atoms with Gasteiger partial charge in [-0.2, -0.15) is 4.31 Å². The number of non-ortho nitro benzene ring substituents is 1. The average molecular weight is 533 g/mol. The van der Waals surface area contributed by atoms with Crippen LogP contribution in [0.15, 0.2) is 82.6 Å². The van der Waals surface area contributed by atoms with Gasteiger partial charge < -0.3 is 9.64 Å². The molecule has 3 aromatic rings. The number of nitrogens with zero attached hydrogens (tertiary/aromatic N) is 3. The van der Waals surface area contributed by atoms with Gasteiger partial charge in [-0.25, -0.2) is 16.8 Å². The Morgan fingerprint density at radius 3 is 2.17 bits per heavy atom. The summed E-state index contributed by atoms with van der Waals surface area (Å²) in [4.78, 5) is 12.1. The highest BCUT2D eigenvalue weighted by Crippen LogP contribution is 2.29. The van der Waals surface area contributed by atoms with Gasteiger partial charge in [0.1, 0.15) is 5.75 Å². The number of rotatable bonds is 8. The van der Waals surface area contributed by atoms with Gasteiger partial charge in [-0.1, -0.05) is 18.2 Å². The molecule has 11 nitrogen and oxygen atoms in total. The summed E-state index contributed by atoms with van der Waals surface area (Å²) in [5, 5.41) is 10.9. The van der Waals surface area contributed by atoms with Crippen molar-refractivity contribution in [2.24, 2.45) is 0 Å². The molecule has 4 rings (SSSR count). The third kappa shape index (κ3) is 5.27. The van der Waals surface area contributed by atoms with E-state index < -0.39 is 25.0 Å². The predicted octanol–water partition coefficient (Wildman–Crippen LogP) is 2.92. The van der Waals surface area contributed by atoms with Crippen molar-refractivity contribution in [1.29, 1.82) is 0 Å². The van der Waals surface area contributed by atoms with Crippen molar-refractivity contribution in [2.75, 3.05) is 42.9 Å². The van der Waals surface area contributed by atoms with Crippen LogP contribution in [-0.2, 0) is 20.0 Å². The van der Waals surface area contributed by atoms with Crippen molar-refractivity contribution < 1.29 is 26.5 Å². The van der Waals surface area contributed by atoms with Crippen LogP contribution < -0.4 is 14.4 Å². The number of hydrogen-bond donors (Lipinski definition) is 1. The summed E-state index contributed by atoms with van der Waals surface area (Å²) in [7, 11) is -6.30. The maximum Gasteiger partial charge on any atom is 0.270 e. The van der Waals surface area contributed by atoms with Gasteiger partial charge in [-0.15, -0.1) is 0 Å². The molecule has 1 fully saturated rings. The minimum atomic E-state index is -4.11. The quantitative estimate of drug-likeness (QED) is 0.345. The smallest absolute Gasteiger partial charge is 0.270 e. The predicted molar refractivity (Wildman–Crippen MR) is 134 cm³/mol. The molecule has 3 aromatic carbocycles. The van der Waals surface area contributed by atoms with Crippen LogP contribution in [-0.4, -0.2) is 59.4 Å². The van der Waals surface area contributed by atoms with Crippen LogP contribution in [0.1, 0.15) is 0 Å². The molecule has 0 bridgehead atoms. The SMILES string of the molecule is COc1ccccc1N1CCN(S(=O)(=O)c2ccc(NS(=O)(=O)c3cccc([N+](=O)[O-])c3)cc2)CC1. The summed E-state index contributed by atoms with van der Waals surface area (Å²) in [6.45, 7) is 1.53. The zero-order valence-electron chi connectivity index (χ0n) is 19.3. The van der Waals surface area contributed by atoms with Crippen molar-refractivity contribution in [3.05, 3.63) is 82.9 Å². The zero-order valence-corrected chi connectivity index (χ0v) is 20.9. The Labute approximate surface area is 209 Å². The van der Waals surface area contributed by atoms with Gasteiger partial charge in [0.25, 0.3) is 15.7 Å². The molecule has 36 heavy (non-hydrogen) atoms. The number of nitro groups is 1. The van der Waals surface area contributed by atoms with Gasteiger partial charge in [0, 0.05) is 44.0 Å². The Morgan fingerprint density at radius 2 is 1.53 bits per heavy atom. The molecule has 0 atom stereocenters. The van der Waals surface area contributed by atoms with Crippen LogP contribution in [0.5, 0.6) is 5.75 Å². The molecule has 0 unspecified atom stereocenters. The number of nitrogens with one attached hydrogen (secondary N) is 1. The van der Waals surface area contributed by atoms with Crippen LogP contribution in [0.2, 0.25) is 0 Å². The highest BCUT2D eigenvalue weighted by Gasteiger charge is 2.29. The van der Waals surface area contributed by atoms with E-state index in [-0.39, 0.29) is 34.3 Å². The number of sulfonamides is 2. The molecule has 1 N–H and O–H groups in total. The van der Waals surface area contributed by atoms with Crippen LogP contribution in [0.4, 0.5) is 17.1 Å². The van der Waals surface area contributed by atoms with Crippen molar-refractivity contribution in [2.45, 2.75) is 9.79 Å². The zero-order chi connectivity index (χ0) is 25.9. The summed E-state index contributed by atoms with van der Waals surface area (Å²) in [6, 6.07) is 17.5. The van der Waals surface area contributed by atoms with Crippen molar-refractivity contribution >= 4 is 37.1 Å². The molecule has 0 radical (unpaired) electrons. The Kier molecular flexibility index (Phi) is 7.15. The van der Waals surface area contributed by atoms with Gasteiger partial charge in [-0.3, -0.25) is 14.8 Å². The third-order valence-electron chi connectivity index (χ3n) is 5.75. The van der Waals surface area contributed by atoms with Gasteiger partial charge in [-0.05, 0) is 42.5 Å². The lowest BCUT2D eigenvalue weighted by molar-refractivity contribution is -0.385. The van der Waals surface area contributed by atoms with Gasteiger partial charge >= 0.3 is 0 Å². The average Bonchev–Trinajstić information content (AvgIpc) is 2.89. The summed E-state index contributed by atoms with van der Waals surface area (Å²) in [6.07, 6.45) is 0. The Bertz CT molecular complexity index is 1470. The molecular weight excluding hydrogens is 508 g/mol. The summed E-state index contributed by atoms with van der Waals surface area (Å²) < 4.78 is 60.7. The van der Waals surface area contributed by atoms with E-state index in [9.17, 15) is 26.9 Å². The van der Waals surface area contributed by atoms with E-state index in [2.05, 4.69) is 9.62 Å². The first-order valence-corrected chi connectivity index (χ1v) is 13.8. The lowest BCUT2D eigenvalue weighted by Crippen LogP contribution is -2.48. The molecule has 0 spiro atoms. The van der Waals surface area contributed by atoms with Crippen LogP contribution >= 0.6 is 0 Å². The molecule has 0 aliphatic carbocycles. The molecule has 13 heteroatoms. The largest absolute Gasteiger partial charge is 0.495 e. The standard InChI is InChI=1S/C23H24N4O7S2/c1-34-23-8-3-2-7-22(23)25-13-15-26(16-14-25)36(32,33)20-11-9-18(10-12-20)24-35(30,31)21-6-4-5-19(17-21)27(28)29/h2-12,17,24H,13-16H2,1H3. The molecule has 0 amide bonds. The molecule has 1 aliphatic rings. The van der Waals surface area contributed by atoms with E-state index in [0.717, 1.165) is 17.5 Å². The lowest BCUT2D eigenvalue weighted by atomic mass is 10.2. The Morgan fingerprint density at radius 1 is 0.861 bits per heavy atom. The number of piperazine rings is 1. The van der Waals surface area contributed by atoms with Gasteiger partial charge in [0.15, 0.2) is 0 Å². The Hall–Kier alpha value is -3.68. The second kappa shape index (κ2) is 10.1. The highest BCUT2D eigenvalue weighted by atomic mass is 32.2. The van der Waals surface area contributed by atoms with Gasteiger partial charge in [0.2, 0.25) is 10.0 Å². The lowest BCUT2D eigenvalue weighted by Gasteiger charge is -2.35. The topological polar surface area (TPSA) is 139 Å². The normalized spacial score (nSPS) is 14.9. The second-order valence-electron chi connectivity index (χ2n) is 7.95. The monoisotopic (exact) mass is 532 g/mol. The van der Waals surface area contributed by atoms with E-state index >= 15 is 0 Å². The Balaban J connectivity index is 1.45. The number of nitro benzene ring substituents is 1. The molecule has 1 heterocycles. The molecular formula is C23H24N4O7S2. The van der Waals surface area contributed by atoms with Crippen LogP contribution in [0.25, 0.3) is 0 Å². The number of anilines is 2. The first-order chi connectivity index (χ1) is 17.1. The fraction of sp³-hybridized carbons (Fsp3) is 0.217. The highest BCUT2D eigenvalue weighted by molar-refractivity contribution is 7.92. The molecule has 1 saturated heterocycles. The first kappa shape index (κ1) is 25.4. The fourth-order valence-electron chi connectivity index (χ4n) is 3.88. The first-order valence-electron chi connectivity index (χ1n) is 10.9. The summed E-state index contributed by atoms with van der Waals surface area (Å²) in [5.41, 5.74) is 0.670. The van der Waals surface area contributed by atoms with Crippen molar-refractivity contribution in [3.8, 4) is 5.75 Å². The molecule has 0 aromatic heterocycles. The number of benzene rings is 3. The van der Waals surface area contributed by atoms with E-state index in [1.807, 2.05) is 24.3 Å². The number of methoxy groups -OCH3 is 1. The van der Waals surface area contributed by atoms with Gasteiger partial charge in [0.05, 0.1) is 27.5 Å². The van der Waals surface area contributed by atoms with Crippen molar-refractivity contribution in [1.82, 2.24) is 4.31 Å². The second-order valence-corrected chi connectivity index (χ2v) is 11.6. The minimum absolute atomic E-state index is 0.0338. The van der Waals surface area contributed by atoms with Crippen LogP contribution in [0.3, 0.4) is 0 Å². The summed E-state index contributed by atoms with van der Waals surface area (Å²) >= 11 is 0. The van der Waals surface area contributed by atoms with Crippen LogP contribution in [0, 0.1) is 10.1 Å². The van der Waals surface area contributed by atoms with E-state index in [1.54, 1.807) is 7.11 Å². The maximum absolute atomic E-state index is 13.2. The van der Waals surface area contributed by atoms with E-state index in [4.69, 9.17) is 4.74 Å². The molecule has 1 aliphatic heterocycles. The van der Waals surface area contributed by atoms with Crippen molar-refractivity contribution in [3.63, 3.8) is 0 Å². The summed E-state index contributed by atoms with van der Waals surface area (Å²) in [5.74, 6) is 0.719. The number of para-hydroxylation sites is 2. The van der Waals surface area contributed by atoms with E-state index in [1.165, 1.54) is 46.8 Å².